The summed E-state index contributed by atoms with van der Waals surface area (Å²) in [5.41, 5.74) is 7.52. The van der Waals surface area contributed by atoms with Gasteiger partial charge in [0.15, 0.2) is 0 Å². The summed E-state index contributed by atoms with van der Waals surface area (Å²) in [5, 5.41) is 15.1. The van der Waals surface area contributed by atoms with Gasteiger partial charge in [-0.25, -0.2) is 8.91 Å². The quantitative estimate of drug-likeness (QED) is 0.495. The van der Waals surface area contributed by atoms with Crippen molar-refractivity contribution in [1.82, 2.24) is 9.61 Å². The third-order valence-electron chi connectivity index (χ3n) is 5.13. The second kappa shape index (κ2) is 7.21. The van der Waals surface area contributed by atoms with Gasteiger partial charge in [-0.1, -0.05) is 56.3 Å². The number of hydrogen-bond donors (Lipinski definition) is 1. The lowest BCUT2D eigenvalue weighted by atomic mass is 9.92. The zero-order valence-corrected chi connectivity index (χ0v) is 16.3. The third-order valence-corrected chi connectivity index (χ3v) is 5.13. The van der Waals surface area contributed by atoms with Gasteiger partial charge in [0, 0.05) is 22.4 Å². The third kappa shape index (κ3) is 3.00. The highest BCUT2D eigenvalue weighted by Crippen LogP contribution is 2.39. The lowest BCUT2D eigenvalue weighted by Gasteiger charge is -2.18. The second-order valence-electron chi connectivity index (χ2n) is 7.38. The van der Waals surface area contributed by atoms with E-state index in [1.54, 1.807) is 12.1 Å². The van der Waals surface area contributed by atoms with Crippen LogP contribution in [0.3, 0.4) is 0 Å². The molecule has 3 nitrogen and oxygen atoms in total. The van der Waals surface area contributed by atoms with Crippen molar-refractivity contribution in [3.05, 3.63) is 83.4 Å². The Morgan fingerprint density at radius 3 is 2.29 bits per heavy atom. The van der Waals surface area contributed by atoms with Gasteiger partial charge in [0.25, 0.3) is 0 Å². The highest BCUT2D eigenvalue weighted by molar-refractivity contribution is 5.95. The van der Waals surface area contributed by atoms with Crippen LogP contribution in [0.15, 0.2) is 60.7 Å². The van der Waals surface area contributed by atoms with Crippen molar-refractivity contribution >= 4 is 5.52 Å². The molecule has 0 bridgehead atoms. The fourth-order valence-corrected chi connectivity index (χ4v) is 3.83. The van der Waals surface area contributed by atoms with Crippen molar-refractivity contribution < 1.29 is 9.50 Å². The molecule has 4 heteroatoms. The zero-order chi connectivity index (χ0) is 19.8. The molecule has 0 aliphatic rings. The summed E-state index contributed by atoms with van der Waals surface area (Å²) in [6.07, 6.45) is 0. The Morgan fingerprint density at radius 2 is 1.68 bits per heavy atom. The highest BCUT2D eigenvalue weighted by Gasteiger charge is 2.22. The van der Waals surface area contributed by atoms with Gasteiger partial charge in [-0.3, -0.25) is 0 Å². The number of halogens is 1. The van der Waals surface area contributed by atoms with Gasteiger partial charge >= 0.3 is 0 Å². The van der Waals surface area contributed by atoms with Crippen LogP contribution in [0.2, 0.25) is 0 Å². The van der Waals surface area contributed by atoms with E-state index in [0.29, 0.717) is 0 Å². The first-order valence-corrected chi connectivity index (χ1v) is 9.48. The fraction of sp³-hybridized carbons (Fsp3) is 0.208. The largest absolute Gasteiger partial charge is 0.392 e. The summed E-state index contributed by atoms with van der Waals surface area (Å²) in [6, 6.07) is 18.7. The Labute approximate surface area is 164 Å². The number of aromatic nitrogens is 2. The zero-order valence-electron chi connectivity index (χ0n) is 16.3. The van der Waals surface area contributed by atoms with Crippen molar-refractivity contribution in [3.63, 3.8) is 0 Å². The molecule has 0 fully saturated rings. The average molecular weight is 374 g/mol. The van der Waals surface area contributed by atoms with E-state index in [1.807, 2.05) is 29.6 Å². The topological polar surface area (TPSA) is 37.5 Å². The summed E-state index contributed by atoms with van der Waals surface area (Å²) in [7, 11) is 0. The van der Waals surface area contributed by atoms with E-state index in [9.17, 15) is 9.50 Å². The number of rotatable bonds is 4. The van der Waals surface area contributed by atoms with Gasteiger partial charge in [-0.15, -0.1) is 0 Å². The Kier molecular flexibility index (Phi) is 4.73. The molecule has 2 aromatic carbocycles. The van der Waals surface area contributed by atoms with Crippen LogP contribution in [-0.4, -0.2) is 14.7 Å². The lowest BCUT2D eigenvalue weighted by Crippen LogP contribution is -2.09. The molecule has 0 radical (unpaired) electrons. The molecule has 0 atom stereocenters. The van der Waals surface area contributed by atoms with Crippen molar-refractivity contribution in [2.45, 2.75) is 33.3 Å². The van der Waals surface area contributed by atoms with Crippen LogP contribution >= 0.6 is 0 Å². The molecule has 0 aliphatic carbocycles. The van der Waals surface area contributed by atoms with Crippen LogP contribution in [0, 0.1) is 12.7 Å². The predicted molar refractivity (Wildman–Crippen MR) is 111 cm³/mol. The van der Waals surface area contributed by atoms with Crippen molar-refractivity contribution in [2.75, 3.05) is 0 Å². The Balaban J connectivity index is 2.17. The fourth-order valence-electron chi connectivity index (χ4n) is 3.83. The molecule has 2 aromatic heterocycles. The van der Waals surface area contributed by atoms with Crippen molar-refractivity contribution in [1.29, 1.82) is 0 Å². The molecule has 28 heavy (non-hydrogen) atoms. The van der Waals surface area contributed by atoms with Crippen LogP contribution in [0.5, 0.6) is 0 Å². The summed E-state index contributed by atoms with van der Waals surface area (Å²) >= 11 is 0. The minimum atomic E-state index is -0.279. The number of aliphatic hydroxyl groups excluding tert-OH is 1. The van der Waals surface area contributed by atoms with Gasteiger partial charge in [0.05, 0.1) is 17.8 Å². The summed E-state index contributed by atoms with van der Waals surface area (Å²) < 4.78 is 15.5. The minimum absolute atomic E-state index is 0.123. The normalized spacial score (nSPS) is 11.5. The average Bonchev–Trinajstić information content (AvgIpc) is 3.04. The van der Waals surface area contributed by atoms with Crippen molar-refractivity contribution in [3.8, 4) is 22.3 Å². The number of benzene rings is 2. The van der Waals surface area contributed by atoms with Crippen LogP contribution < -0.4 is 0 Å². The predicted octanol–water partition coefficient (Wildman–Crippen LogP) is 5.73. The van der Waals surface area contributed by atoms with E-state index < -0.39 is 0 Å². The summed E-state index contributed by atoms with van der Waals surface area (Å²) in [5.74, 6) is -0.133. The molecule has 2 heterocycles. The van der Waals surface area contributed by atoms with Gasteiger partial charge in [-0.05, 0) is 42.2 Å². The molecule has 142 valence electrons. The molecule has 0 unspecified atom stereocenters. The Bertz CT molecular complexity index is 1130. The van der Waals surface area contributed by atoms with E-state index in [0.717, 1.165) is 44.7 Å². The maximum atomic E-state index is 13.6. The highest BCUT2D eigenvalue weighted by atomic mass is 19.1. The minimum Gasteiger partial charge on any atom is -0.392 e. The smallest absolute Gasteiger partial charge is 0.123 e. The van der Waals surface area contributed by atoms with Crippen LogP contribution in [0.25, 0.3) is 27.8 Å². The van der Waals surface area contributed by atoms with Gasteiger partial charge in [-0.2, -0.15) is 5.10 Å². The van der Waals surface area contributed by atoms with Gasteiger partial charge in [0.2, 0.25) is 0 Å². The monoisotopic (exact) mass is 374 g/mol. The van der Waals surface area contributed by atoms with Gasteiger partial charge < -0.3 is 5.11 Å². The number of aliphatic hydroxyl groups is 1. The van der Waals surface area contributed by atoms with Crippen LogP contribution in [0.4, 0.5) is 4.39 Å². The summed E-state index contributed by atoms with van der Waals surface area (Å²) in [4.78, 5) is 0. The molecule has 1 N–H and O–H groups in total. The van der Waals surface area contributed by atoms with E-state index in [2.05, 4.69) is 32.0 Å². The molecule has 0 aliphatic heterocycles. The molecule has 0 spiro atoms. The number of aryl methyl sites for hydroxylation is 1. The first-order chi connectivity index (χ1) is 13.5. The molecule has 0 saturated heterocycles. The Morgan fingerprint density at radius 1 is 1.00 bits per heavy atom. The second-order valence-corrected chi connectivity index (χ2v) is 7.38. The van der Waals surface area contributed by atoms with Crippen LogP contribution in [0.1, 0.15) is 36.7 Å². The molecular formula is C24H23FN2O. The first kappa shape index (κ1) is 18.4. The number of nitrogens with zero attached hydrogens (tertiary/aromatic N) is 2. The van der Waals surface area contributed by atoms with E-state index in [4.69, 9.17) is 5.10 Å². The molecule has 4 rings (SSSR count). The molecular weight excluding hydrogens is 351 g/mol. The van der Waals surface area contributed by atoms with E-state index in [1.165, 1.54) is 12.1 Å². The van der Waals surface area contributed by atoms with Crippen molar-refractivity contribution in [2.24, 2.45) is 0 Å². The standard InChI is InChI=1S/C24H23FN2O/c1-15(2)23-21(14-28)22(18-9-11-19(25)12-10-18)24-20(13-16(3)27(24)26-23)17-7-5-4-6-8-17/h4-13,15,28H,14H2,1-3H3. The summed E-state index contributed by atoms with van der Waals surface area (Å²) in [6.45, 7) is 6.04. The molecule has 0 amide bonds. The maximum absolute atomic E-state index is 13.6. The SMILES string of the molecule is Cc1cc(-c2ccccc2)c2c(-c3ccc(F)cc3)c(CO)c(C(C)C)nn12. The lowest BCUT2D eigenvalue weighted by molar-refractivity contribution is 0.279. The molecule has 4 aromatic rings. The first-order valence-electron chi connectivity index (χ1n) is 9.48. The van der Waals surface area contributed by atoms with E-state index >= 15 is 0 Å². The van der Waals surface area contributed by atoms with E-state index in [-0.39, 0.29) is 18.3 Å². The molecule has 0 saturated carbocycles. The number of fused-ring (bicyclic) bond motifs is 1. The van der Waals surface area contributed by atoms with Gasteiger partial charge in [0.1, 0.15) is 5.82 Å². The van der Waals surface area contributed by atoms with Crippen LogP contribution in [-0.2, 0) is 6.61 Å². The Hall–Kier alpha value is -2.98. The maximum Gasteiger partial charge on any atom is 0.123 e. The number of hydrogen-bond acceptors (Lipinski definition) is 2.